The Kier molecular flexibility index (Phi) is 4.29. The molecule has 2 saturated heterocycles. The molecule has 0 spiro atoms. The van der Waals surface area contributed by atoms with Gasteiger partial charge >= 0.3 is 0 Å². The van der Waals surface area contributed by atoms with Gasteiger partial charge in [0.1, 0.15) is 5.82 Å². The smallest absolute Gasteiger partial charge is 0.289 e. The summed E-state index contributed by atoms with van der Waals surface area (Å²) in [4.78, 5) is 28.1. The number of hydrogen-bond donors (Lipinski definition) is 0. The molecule has 132 valence electrons. The van der Waals surface area contributed by atoms with Gasteiger partial charge in [0.25, 0.3) is 5.91 Å². The number of hydrogen-bond acceptors (Lipinski definition) is 6. The zero-order valence-corrected chi connectivity index (χ0v) is 14.5. The molecule has 7 nitrogen and oxygen atoms in total. The number of carbonyl (C=O) groups excluding carboxylic acids is 1. The second kappa shape index (κ2) is 6.74. The van der Waals surface area contributed by atoms with E-state index < -0.39 is 0 Å². The lowest BCUT2D eigenvalue weighted by Crippen LogP contribution is -2.49. The van der Waals surface area contributed by atoms with E-state index in [2.05, 4.69) is 20.9 Å². The van der Waals surface area contributed by atoms with Crippen LogP contribution in [0.4, 0.5) is 11.8 Å². The summed E-state index contributed by atoms with van der Waals surface area (Å²) >= 11 is 0. The second-order valence-electron chi connectivity index (χ2n) is 6.62. The van der Waals surface area contributed by atoms with Crippen molar-refractivity contribution in [3.05, 3.63) is 35.9 Å². The minimum absolute atomic E-state index is 0.0485. The Balaban J connectivity index is 1.44. The number of anilines is 2. The molecule has 0 N–H and O–H groups in total. The highest BCUT2D eigenvalue weighted by Crippen LogP contribution is 2.22. The van der Waals surface area contributed by atoms with Crippen LogP contribution < -0.4 is 9.80 Å². The number of aryl methyl sites for hydroxylation is 1. The van der Waals surface area contributed by atoms with Gasteiger partial charge in [0.05, 0.1) is 6.26 Å². The Labute approximate surface area is 147 Å². The van der Waals surface area contributed by atoms with Crippen LogP contribution in [0, 0.1) is 6.92 Å². The summed E-state index contributed by atoms with van der Waals surface area (Å²) in [5, 5.41) is 0. The van der Waals surface area contributed by atoms with Crippen molar-refractivity contribution in [2.24, 2.45) is 0 Å². The molecular formula is C18H23N5O2. The Morgan fingerprint density at radius 3 is 2.48 bits per heavy atom. The highest BCUT2D eigenvalue weighted by Gasteiger charge is 2.25. The van der Waals surface area contributed by atoms with E-state index in [1.54, 1.807) is 12.1 Å². The topological polar surface area (TPSA) is 65.7 Å². The maximum absolute atomic E-state index is 12.4. The van der Waals surface area contributed by atoms with Crippen molar-refractivity contribution in [3.8, 4) is 0 Å². The molecule has 2 fully saturated rings. The van der Waals surface area contributed by atoms with Gasteiger partial charge < -0.3 is 19.1 Å². The van der Waals surface area contributed by atoms with Crippen LogP contribution in [0.5, 0.6) is 0 Å². The molecule has 0 bridgehead atoms. The van der Waals surface area contributed by atoms with Gasteiger partial charge in [-0.05, 0) is 31.9 Å². The molecule has 0 radical (unpaired) electrons. The van der Waals surface area contributed by atoms with E-state index >= 15 is 0 Å². The molecule has 2 aliphatic rings. The largest absolute Gasteiger partial charge is 0.459 e. The summed E-state index contributed by atoms with van der Waals surface area (Å²) in [5.41, 5.74) is 0.987. The third-order valence-corrected chi connectivity index (χ3v) is 4.84. The molecule has 2 aromatic rings. The molecule has 0 unspecified atom stereocenters. The molecule has 0 atom stereocenters. The number of aromatic nitrogens is 2. The summed E-state index contributed by atoms with van der Waals surface area (Å²) in [7, 11) is 0. The molecule has 2 aromatic heterocycles. The summed E-state index contributed by atoms with van der Waals surface area (Å²) in [6.45, 7) is 6.92. The molecule has 0 aromatic carbocycles. The predicted molar refractivity (Wildman–Crippen MR) is 95.0 cm³/mol. The quantitative estimate of drug-likeness (QED) is 0.850. The number of piperazine rings is 1. The monoisotopic (exact) mass is 341 g/mol. The molecular weight excluding hydrogens is 318 g/mol. The van der Waals surface area contributed by atoms with E-state index in [4.69, 9.17) is 9.40 Å². The van der Waals surface area contributed by atoms with Crippen LogP contribution in [0.25, 0.3) is 0 Å². The number of carbonyl (C=O) groups is 1. The lowest BCUT2D eigenvalue weighted by Gasteiger charge is -2.34. The Morgan fingerprint density at radius 1 is 1.04 bits per heavy atom. The summed E-state index contributed by atoms with van der Waals surface area (Å²) in [5.74, 6) is 2.14. The van der Waals surface area contributed by atoms with Gasteiger partial charge in [0.2, 0.25) is 5.95 Å². The normalized spacial score (nSPS) is 18.0. The summed E-state index contributed by atoms with van der Waals surface area (Å²) in [6, 6.07) is 5.51. The molecule has 0 saturated carbocycles. The highest BCUT2D eigenvalue weighted by atomic mass is 16.3. The molecule has 0 aliphatic carbocycles. The van der Waals surface area contributed by atoms with Crippen LogP contribution in [0.3, 0.4) is 0 Å². The maximum Gasteiger partial charge on any atom is 0.289 e. The van der Waals surface area contributed by atoms with Gasteiger partial charge in [-0.1, -0.05) is 0 Å². The number of amides is 1. The van der Waals surface area contributed by atoms with Crippen LogP contribution in [0.2, 0.25) is 0 Å². The van der Waals surface area contributed by atoms with Crippen LogP contribution in [-0.2, 0) is 0 Å². The molecule has 2 aliphatic heterocycles. The first-order valence-electron chi connectivity index (χ1n) is 8.89. The zero-order chi connectivity index (χ0) is 17.2. The van der Waals surface area contributed by atoms with E-state index in [0.717, 1.165) is 43.6 Å². The van der Waals surface area contributed by atoms with Gasteiger partial charge in [0, 0.05) is 51.0 Å². The minimum Gasteiger partial charge on any atom is -0.459 e. The molecule has 1 amide bonds. The van der Waals surface area contributed by atoms with Gasteiger partial charge in [0.15, 0.2) is 5.76 Å². The van der Waals surface area contributed by atoms with Crippen molar-refractivity contribution in [3.63, 3.8) is 0 Å². The van der Waals surface area contributed by atoms with Gasteiger partial charge in [-0.3, -0.25) is 4.79 Å². The Hall–Kier alpha value is -2.57. The summed E-state index contributed by atoms with van der Waals surface area (Å²) in [6.07, 6.45) is 3.99. The third-order valence-electron chi connectivity index (χ3n) is 4.84. The van der Waals surface area contributed by atoms with Crippen molar-refractivity contribution in [2.45, 2.75) is 19.8 Å². The lowest BCUT2D eigenvalue weighted by molar-refractivity contribution is 0.0714. The van der Waals surface area contributed by atoms with E-state index in [1.165, 1.54) is 19.1 Å². The third kappa shape index (κ3) is 3.31. The highest BCUT2D eigenvalue weighted by molar-refractivity contribution is 5.91. The Morgan fingerprint density at radius 2 is 1.80 bits per heavy atom. The van der Waals surface area contributed by atoms with E-state index in [0.29, 0.717) is 18.8 Å². The van der Waals surface area contributed by atoms with Crippen LogP contribution in [0.1, 0.15) is 29.1 Å². The van der Waals surface area contributed by atoms with Crippen molar-refractivity contribution in [1.82, 2.24) is 14.9 Å². The van der Waals surface area contributed by atoms with Crippen molar-refractivity contribution in [1.29, 1.82) is 0 Å². The maximum atomic E-state index is 12.4. The van der Waals surface area contributed by atoms with Crippen molar-refractivity contribution in [2.75, 3.05) is 49.1 Å². The van der Waals surface area contributed by atoms with E-state index in [1.807, 2.05) is 11.8 Å². The average Bonchev–Trinajstić information content (AvgIpc) is 3.34. The van der Waals surface area contributed by atoms with E-state index in [-0.39, 0.29) is 5.91 Å². The number of furan rings is 1. The second-order valence-corrected chi connectivity index (χ2v) is 6.62. The van der Waals surface area contributed by atoms with Gasteiger partial charge in [-0.2, -0.15) is 4.98 Å². The fraction of sp³-hybridized carbons (Fsp3) is 0.500. The number of rotatable bonds is 3. The van der Waals surface area contributed by atoms with Gasteiger partial charge in [-0.15, -0.1) is 0 Å². The SMILES string of the molecule is Cc1cc(N2CCCC2)nc(N2CCN(C(=O)c3ccco3)CC2)n1. The van der Waals surface area contributed by atoms with Crippen molar-refractivity contribution >= 4 is 17.7 Å². The van der Waals surface area contributed by atoms with Crippen molar-refractivity contribution < 1.29 is 9.21 Å². The first-order chi connectivity index (χ1) is 12.2. The predicted octanol–water partition coefficient (Wildman–Crippen LogP) is 1.94. The molecule has 7 heteroatoms. The number of nitrogens with zero attached hydrogens (tertiary/aromatic N) is 5. The fourth-order valence-corrected chi connectivity index (χ4v) is 3.45. The molecule has 4 rings (SSSR count). The standard InChI is InChI=1S/C18H23N5O2/c1-14-13-16(21-6-2-3-7-21)20-18(19-14)23-10-8-22(9-11-23)17(24)15-5-4-12-25-15/h4-5,12-13H,2-3,6-11H2,1H3. The minimum atomic E-state index is -0.0485. The fourth-order valence-electron chi connectivity index (χ4n) is 3.45. The summed E-state index contributed by atoms with van der Waals surface area (Å²) < 4.78 is 5.21. The average molecular weight is 341 g/mol. The first kappa shape index (κ1) is 15.9. The lowest BCUT2D eigenvalue weighted by atomic mass is 10.3. The van der Waals surface area contributed by atoms with Crippen LogP contribution >= 0.6 is 0 Å². The Bertz CT molecular complexity index is 732. The van der Waals surface area contributed by atoms with Crippen LogP contribution in [0.15, 0.2) is 28.9 Å². The zero-order valence-electron chi connectivity index (χ0n) is 14.5. The van der Waals surface area contributed by atoms with Crippen LogP contribution in [-0.4, -0.2) is 60.0 Å². The molecule has 25 heavy (non-hydrogen) atoms. The van der Waals surface area contributed by atoms with E-state index in [9.17, 15) is 4.79 Å². The van der Waals surface area contributed by atoms with Gasteiger partial charge in [-0.25, -0.2) is 4.98 Å². The molecule has 4 heterocycles. The first-order valence-corrected chi connectivity index (χ1v) is 8.89.